The summed E-state index contributed by atoms with van der Waals surface area (Å²) in [7, 11) is -1.81. The molecule has 0 radical (unpaired) electrons. The molecule has 1 aromatic rings. The minimum Gasteiger partial charge on any atom is -0.423 e. The maximum absolute atomic E-state index is 12.6. The Labute approximate surface area is 73.7 Å². The number of hydrogen-bond acceptors (Lipinski definition) is 3. The third kappa shape index (κ3) is 1.69. The average molecular weight is 189 g/mol. The summed E-state index contributed by atoms with van der Waals surface area (Å²) in [6.45, 7) is 0. The Morgan fingerprint density at radius 3 is 2.50 bits per heavy atom. The first kappa shape index (κ1) is 9.31. The van der Waals surface area contributed by atoms with Gasteiger partial charge in [0.1, 0.15) is 5.82 Å². The molecule has 0 unspecified atom stereocenters. The lowest BCUT2D eigenvalue weighted by molar-refractivity contribution is 0.425. The topological polar surface area (TPSA) is 66.5 Å². The van der Waals surface area contributed by atoms with Crippen molar-refractivity contribution in [1.82, 2.24) is 0 Å². The number of rotatable bonds is 1. The van der Waals surface area contributed by atoms with E-state index in [1.807, 2.05) is 0 Å². The van der Waals surface area contributed by atoms with Crippen LogP contribution in [0.2, 0.25) is 5.02 Å². The van der Waals surface area contributed by atoms with E-state index < -0.39 is 12.9 Å². The molecule has 6 heteroatoms. The number of hydrogen-bond donors (Lipinski definition) is 3. The van der Waals surface area contributed by atoms with Crippen LogP contribution in [0.25, 0.3) is 0 Å². The molecule has 0 saturated carbocycles. The van der Waals surface area contributed by atoms with E-state index in [4.69, 9.17) is 27.4 Å². The molecule has 0 bridgehead atoms. The van der Waals surface area contributed by atoms with Crippen LogP contribution in [0.3, 0.4) is 0 Å². The molecule has 0 spiro atoms. The molecular weight excluding hydrogens is 183 g/mol. The fourth-order valence-electron chi connectivity index (χ4n) is 0.820. The minimum absolute atomic E-state index is 0.0141. The lowest BCUT2D eigenvalue weighted by atomic mass is 9.80. The number of benzene rings is 1. The Balaban J connectivity index is 3.28. The van der Waals surface area contributed by atoms with Crippen LogP contribution in [0.15, 0.2) is 12.1 Å². The van der Waals surface area contributed by atoms with Crippen LogP contribution >= 0.6 is 11.6 Å². The molecule has 4 N–H and O–H groups in total. The Morgan fingerprint density at radius 2 is 2.00 bits per heavy atom. The zero-order valence-electron chi connectivity index (χ0n) is 5.96. The van der Waals surface area contributed by atoms with Gasteiger partial charge in [-0.15, -0.1) is 0 Å². The van der Waals surface area contributed by atoms with Gasteiger partial charge in [0, 0.05) is 5.46 Å². The zero-order valence-corrected chi connectivity index (χ0v) is 6.72. The fourth-order valence-corrected chi connectivity index (χ4v) is 1.03. The minimum atomic E-state index is -1.81. The normalized spacial score (nSPS) is 10.0. The molecule has 0 aliphatic rings. The van der Waals surface area contributed by atoms with Gasteiger partial charge in [0.05, 0.1) is 10.7 Å². The van der Waals surface area contributed by atoms with Gasteiger partial charge in [-0.25, -0.2) is 4.39 Å². The summed E-state index contributed by atoms with van der Waals surface area (Å²) in [4.78, 5) is 0. The average Bonchev–Trinajstić information content (AvgIpc) is 1.96. The molecule has 0 amide bonds. The maximum atomic E-state index is 12.6. The summed E-state index contributed by atoms with van der Waals surface area (Å²) in [6.07, 6.45) is 0. The van der Waals surface area contributed by atoms with Crippen molar-refractivity contribution in [3.05, 3.63) is 23.0 Å². The molecular formula is C6H6BClFNO2. The number of halogens is 2. The molecule has 0 heterocycles. The summed E-state index contributed by atoms with van der Waals surface area (Å²) < 4.78 is 12.6. The Hall–Kier alpha value is -0.775. The predicted octanol–water partition coefficient (Wildman–Crippen LogP) is -0.259. The Kier molecular flexibility index (Phi) is 2.57. The van der Waals surface area contributed by atoms with E-state index in [9.17, 15) is 4.39 Å². The van der Waals surface area contributed by atoms with Crippen LogP contribution in [0.1, 0.15) is 0 Å². The van der Waals surface area contributed by atoms with Gasteiger partial charge < -0.3 is 15.8 Å². The van der Waals surface area contributed by atoms with Crippen LogP contribution in [0.5, 0.6) is 0 Å². The monoisotopic (exact) mass is 189 g/mol. The molecule has 1 rings (SSSR count). The fraction of sp³-hybridized carbons (Fsp3) is 0. The van der Waals surface area contributed by atoms with E-state index in [1.54, 1.807) is 0 Å². The highest BCUT2D eigenvalue weighted by Crippen LogP contribution is 2.16. The largest absolute Gasteiger partial charge is 0.490 e. The van der Waals surface area contributed by atoms with Gasteiger partial charge in [0.25, 0.3) is 0 Å². The molecule has 0 aliphatic heterocycles. The molecule has 1 aromatic carbocycles. The van der Waals surface area contributed by atoms with Crippen LogP contribution in [-0.2, 0) is 0 Å². The van der Waals surface area contributed by atoms with Crippen molar-refractivity contribution < 1.29 is 14.4 Å². The van der Waals surface area contributed by atoms with Crippen molar-refractivity contribution in [2.24, 2.45) is 0 Å². The van der Waals surface area contributed by atoms with Gasteiger partial charge in [-0.3, -0.25) is 0 Å². The Bertz CT molecular complexity index is 308. The lowest BCUT2D eigenvalue weighted by Gasteiger charge is -2.05. The van der Waals surface area contributed by atoms with Crippen LogP contribution < -0.4 is 11.2 Å². The lowest BCUT2D eigenvalue weighted by Crippen LogP contribution is -2.31. The van der Waals surface area contributed by atoms with E-state index in [0.717, 1.165) is 12.1 Å². The molecule has 0 aliphatic carbocycles. The standard InChI is InChI=1S/C6H6BClFNO2/c8-6-4(7(11)12)1-3(9)2-5(6)10/h1-2,11-12H,10H2. The highest BCUT2D eigenvalue weighted by atomic mass is 35.5. The Morgan fingerprint density at radius 1 is 1.42 bits per heavy atom. The first-order valence-corrected chi connectivity index (χ1v) is 3.50. The van der Waals surface area contributed by atoms with Crippen molar-refractivity contribution in [2.75, 3.05) is 5.73 Å². The molecule has 64 valence electrons. The number of nitrogen functional groups attached to an aromatic ring is 1. The smallest absolute Gasteiger partial charge is 0.423 e. The van der Waals surface area contributed by atoms with E-state index in [0.29, 0.717) is 0 Å². The van der Waals surface area contributed by atoms with Crippen molar-refractivity contribution in [2.45, 2.75) is 0 Å². The molecule has 0 aromatic heterocycles. The second-order valence-electron chi connectivity index (χ2n) is 2.27. The highest BCUT2D eigenvalue weighted by molar-refractivity contribution is 6.63. The van der Waals surface area contributed by atoms with Crippen LogP contribution in [0, 0.1) is 5.82 Å². The van der Waals surface area contributed by atoms with E-state index in [2.05, 4.69) is 0 Å². The summed E-state index contributed by atoms with van der Waals surface area (Å²) in [5.74, 6) is -0.653. The van der Waals surface area contributed by atoms with E-state index >= 15 is 0 Å². The zero-order chi connectivity index (χ0) is 9.30. The van der Waals surface area contributed by atoms with Crippen molar-refractivity contribution in [1.29, 1.82) is 0 Å². The van der Waals surface area contributed by atoms with Gasteiger partial charge in [0.15, 0.2) is 0 Å². The maximum Gasteiger partial charge on any atom is 0.490 e. The first-order valence-electron chi connectivity index (χ1n) is 3.13. The predicted molar refractivity (Wildman–Crippen MR) is 45.6 cm³/mol. The van der Waals surface area contributed by atoms with Gasteiger partial charge >= 0.3 is 7.12 Å². The molecule has 12 heavy (non-hydrogen) atoms. The van der Waals surface area contributed by atoms with E-state index in [1.165, 1.54) is 0 Å². The highest BCUT2D eigenvalue weighted by Gasteiger charge is 2.17. The SMILES string of the molecule is Nc1cc(F)cc(B(O)O)c1Cl. The quantitative estimate of drug-likeness (QED) is 0.421. The number of nitrogens with two attached hydrogens (primary N) is 1. The first-order chi connectivity index (χ1) is 5.52. The molecule has 0 saturated heterocycles. The molecule has 0 fully saturated rings. The van der Waals surface area contributed by atoms with Crippen LogP contribution in [0.4, 0.5) is 10.1 Å². The van der Waals surface area contributed by atoms with Crippen molar-refractivity contribution >= 4 is 29.9 Å². The van der Waals surface area contributed by atoms with E-state index in [-0.39, 0.29) is 16.2 Å². The summed E-state index contributed by atoms with van der Waals surface area (Å²) in [6, 6.07) is 1.93. The third-order valence-corrected chi connectivity index (χ3v) is 1.81. The summed E-state index contributed by atoms with van der Waals surface area (Å²) in [5, 5.41) is 17.4. The molecule has 0 atom stereocenters. The third-order valence-electron chi connectivity index (χ3n) is 1.37. The van der Waals surface area contributed by atoms with Gasteiger partial charge in [-0.2, -0.15) is 0 Å². The van der Waals surface area contributed by atoms with Gasteiger partial charge in [0.2, 0.25) is 0 Å². The van der Waals surface area contributed by atoms with Crippen molar-refractivity contribution in [3.63, 3.8) is 0 Å². The van der Waals surface area contributed by atoms with Crippen LogP contribution in [-0.4, -0.2) is 17.2 Å². The second-order valence-corrected chi connectivity index (χ2v) is 2.65. The van der Waals surface area contributed by atoms with Crippen molar-refractivity contribution in [3.8, 4) is 0 Å². The second kappa shape index (κ2) is 3.31. The molecule has 3 nitrogen and oxygen atoms in total. The summed E-state index contributed by atoms with van der Waals surface area (Å²) >= 11 is 5.55. The van der Waals surface area contributed by atoms with Gasteiger partial charge in [-0.1, -0.05) is 11.6 Å². The number of anilines is 1. The summed E-state index contributed by atoms with van der Waals surface area (Å²) in [5.41, 5.74) is 5.12. The van der Waals surface area contributed by atoms with Gasteiger partial charge in [-0.05, 0) is 12.1 Å².